The van der Waals surface area contributed by atoms with Crippen LogP contribution in [0.1, 0.15) is 0 Å². The van der Waals surface area contributed by atoms with Gasteiger partial charge in [-0.1, -0.05) is 0 Å². The second-order valence-corrected chi connectivity index (χ2v) is 8.23. The Labute approximate surface area is 124 Å². The standard InChI is InChI=1S/C10H9ClFN3O4S2/c1-15-5-10(13-6-15)21(18,19)14-7-2-3-9(8(12)4-7)20(11,16)17/h2-6,14H,1H3. The van der Waals surface area contributed by atoms with E-state index < -0.39 is 29.8 Å². The molecule has 0 unspecified atom stereocenters. The van der Waals surface area contributed by atoms with Crippen LogP contribution in [0.5, 0.6) is 0 Å². The summed E-state index contributed by atoms with van der Waals surface area (Å²) in [6, 6.07) is 2.67. The third kappa shape index (κ3) is 3.52. The topological polar surface area (TPSA) is 98.1 Å². The number of hydrogen-bond acceptors (Lipinski definition) is 5. The fourth-order valence-electron chi connectivity index (χ4n) is 1.50. The maximum atomic E-state index is 13.6. The molecule has 0 amide bonds. The highest BCUT2D eigenvalue weighted by atomic mass is 35.7. The van der Waals surface area contributed by atoms with Gasteiger partial charge in [0.2, 0.25) is 0 Å². The summed E-state index contributed by atoms with van der Waals surface area (Å²) < 4.78 is 63.1. The fourth-order valence-corrected chi connectivity index (χ4v) is 3.43. The van der Waals surface area contributed by atoms with Gasteiger partial charge in [0.25, 0.3) is 19.1 Å². The number of hydrogen-bond donors (Lipinski definition) is 1. The summed E-state index contributed by atoms with van der Waals surface area (Å²) in [5.41, 5.74) is -0.151. The van der Waals surface area contributed by atoms with E-state index in [1.165, 1.54) is 17.1 Å². The summed E-state index contributed by atoms with van der Waals surface area (Å²) >= 11 is 0. The van der Waals surface area contributed by atoms with Crippen molar-refractivity contribution >= 4 is 35.4 Å². The summed E-state index contributed by atoms with van der Waals surface area (Å²) in [5.74, 6) is -1.16. The molecule has 1 heterocycles. The molecular formula is C10H9ClFN3O4S2. The Kier molecular flexibility index (Phi) is 3.95. The molecule has 0 aliphatic carbocycles. The molecule has 1 aromatic heterocycles. The number of imidazole rings is 1. The maximum absolute atomic E-state index is 13.6. The van der Waals surface area contributed by atoms with E-state index in [4.69, 9.17) is 10.7 Å². The zero-order chi connectivity index (χ0) is 15.8. The van der Waals surface area contributed by atoms with Gasteiger partial charge in [0, 0.05) is 23.9 Å². The van der Waals surface area contributed by atoms with Crippen LogP contribution in [0.3, 0.4) is 0 Å². The van der Waals surface area contributed by atoms with Crippen molar-refractivity contribution < 1.29 is 21.2 Å². The predicted octanol–water partition coefficient (Wildman–Crippen LogP) is 1.29. The Bertz CT molecular complexity index is 893. The first-order valence-corrected chi connectivity index (χ1v) is 9.14. The molecule has 2 aromatic rings. The van der Waals surface area contributed by atoms with E-state index >= 15 is 0 Å². The molecule has 0 saturated heterocycles. The van der Waals surface area contributed by atoms with Crippen molar-refractivity contribution in [3.63, 3.8) is 0 Å². The largest absolute Gasteiger partial charge is 0.339 e. The first kappa shape index (κ1) is 15.7. The third-order valence-corrected chi connectivity index (χ3v) is 5.02. The molecule has 0 aliphatic heterocycles. The summed E-state index contributed by atoms with van der Waals surface area (Å²) in [6.07, 6.45) is 2.55. The molecule has 0 saturated carbocycles. The van der Waals surface area contributed by atoms with Crippen molar-refractivity contribution in [1.29, 1.82) is 0 Å². The van der Waals surface area contributed by atoms with Crippen LogP contribution in [0, 0.1) is 5.82 Å². The van der Waals surface area contributed by atoms with E-state index in [1.54, 1.807) is 7.05 Å². The predicted molar refractivity (Wildman–Crippen MR) is 73.5 cm³/mol. The third-order valence-electron chi connectivity index (χ3n) is 2.40. The number of nitrogens with zero attached hydrogens (tertiary/aromatic N) is 2. The number of sulfonamides is 1. The van der Waals surface area contributed by atoms with Crippen LogP contribution in [0.4, 0.5) is 10.1 Å². The van der Waals surface area contributed by atoms with Gasteiger partial charge in [0.15, 0.2) is 5.03 Å². The first-order valence-electron chi connectivity index (χ1n) is 5.34. The van der Waals surface area contributed by atoms with Crippen LogP contribution in [0.2, 0.25) is 0 Å². The summed E-state index contributed by atoms with van der Waals surface area (Å²) in [5, 5.41) is -0.251. The van der Waals surface area contributed by atoms with Crippen molar-refractivity contribution in [3.8, 4) is 0 Å². The lowest BCUT2D eigenvalue weighted by Crippen LogP contribution is -2.13. The van der Waals surface area contributed by atoms with Crippen molar-refractivity contribution in [2.75, 3.05) is 4.72 Å². The zero-order valence-corrected chi connectivity index (χ0v) is 12.9. The second kappa shape index (κ2) is 5.28. The summed E-state index contributed by atoms with van der Waals surface area (Å²) in [6.45, 7) is 0. The normalized spacial score (nSPS) is 12.3. The molecule has 2 rings (SSSR count). The number of aromatic nitrogens is 2. The fraction of sp³-hybridized carbons (Fsp3) is 0.100. The molecule has 0 atom stereocenters. The smallest absolute Gasteiger partial charge is 0.280 e. The molecule has 114 valence electrons. The van der Waals surface area contributed by atoms with E-state index in [0.717, 1.165) is 18.2 Å². The molecular weight excluding hydrogens is 345 g/mol. The summed E-state index contributed by atoms with van der Waals surface area (Å²) in [7, 11) is -1.61. The van der Waals surface area contributed by atoms with Gasteiger partial charge in [0.05, 0.1) is 12.0 Å². The minimum Gasteiger partial charge on any atom is -0.339 e. The molecule has 0 radical (unpaired) electrons. The first-order chi connectivity index (χ1) is 9.59. The lowest BCUT2D eigenvalue weighted by Gasteiger charge is -2.07. The van der Waals surface area contributed by atoms with Crippen LogP contribution in [0.25, 0.3) is 0 Å². The van der Waals surface area contributed by atoms with Gasteiger partial charge in [-0.15, -0.1) is 0 Å². The minimum absolute atomic E-state index is 0.151. The number of benzene rings is 1. The Balaban J connectivity index is 2.35. The van der Waals surface area contributed by atoms with Crippen LogP contribution in [-0.2, 0) is 26.1 Å². The number of rotatable bonds is 4. The molecule has 11 heteroatoms. The lowest BCUT2D eigenvalue weighted by atomic mass is 10.3. The Morgan fingerprint density at radius 2 is 1.95 bits per heavy atom. The van der Waals surface area contributed by atoms with Gasteiger partial charge in [-0.2, -0.15) is 8.42 Å². The molecule has 21 heavy (non-hydrogen) atoms. The number of anilines is 1. The molecule has 0 spiro atoms. The van der Waals surface area contributed by atoms with Crippen molar-refractivity contribution in [2.45, 2.75) is 9.92 Å². The average molecular weight is 354 g/mol. The highest BCUT2D eigenvalue weighted by Gasteiger charge is 2.20. The number of halogens is 2. The zero-order valence-electron chi connectivity index (χ0n) is 10.5. The van der Waals surface area contributed by atoms with Gasteiger partial charge < -0.3 is 4.57 Å². The van der Waals surface area contributed by atoms with E-state index in [1.807, 2.05) is 0 Å². The average Bonchev–Trinajstić information content (AvgIpc) is 2.74. The molecule has 0 fully saturated rings. The molecule has 0 aliphatic rings. The van der Waals surface area contributed by atoms with Crippen LogP contribution < -0.4 is 4.72 Å². The molecule has 0 bridgehead atoms. The van der Waals surface area contributed by atoms with E-state index in [9.17, 15) is 21.2 Å². The van der Waals surface area contributed by atoms with Gasteiger partial charge in [-0.25, -0.2) is 17.8 Å². The van der Waals surface area contributed by atoms with E-state index in [2.05, 4.69) is 9.71 Å². The van der Waals surface area contributed by atoms with Crippen molar-refractivity contribution in [1.82, 2.24) is 9.55 Å². The SMILES string of the molecule is Cn1cnc(S(=O)(=O)Nc2ccc(S(=O)(=O)Cl)c(F)c2)c1. The summed E-state index contributed by atoms with van der Waals surface area (Å²) in [4.78, 5) is 2.93. The number of nitrogens with one attached hydrogen (secondary N) is 1. The highest BCUT2D eigenvalue weighted by molar-refractivity contribution is 8.13. The van der Waals surface area contributed by atoms with Crippen LogP contribution >= 0.6 is 10.7 Å². The molecule has 1 N–H and O–H groups in total. The van der Waals surface area contributed by atoms with E-state index in [0.29, 0.717) is 0 Å². The van der Waals surface area contributed by atoms with Gasteiger partial charge in [-0.05, 0) is 18.2 Å². The number of aryl methyl sites for hydroxylation is 1. The van der Waals surface area contributed by atoms with Gasteiger partial charge in [-0.3, -0.25) is 4.72 Å². The van der Waals surface area contributed by atoms with Crippen molar-refractivity contribution in [3.05, 3.63) is 36.5 Å². The van der Waals surface area contributed by atoms with Crippen LogP contribution in [0.15, 0.2) is 40.6 Å². The van der Waals surface area contributed by atoms with Crippen LogP contribution in [-0.4, -0.2) is 26.4 Å². The Morgan fingerprint density at radius 3 is 2.43 bits per heavy atom. The van der Waals surface area contributed by atoms with E-state index in [-0.39, 0.29) is 10.7 Å². The van der Waals surface area contributed by atoms with Crippen molar-refractivity contribution in [2.24, 2.45) is 7.05 Å². The molecule has 7 nitrogen and oxygen atoms in total. The Morgan fingerprint density at radius 1 is 1.29 bits per heavy atom. The monoisotopic (exact) mass is 353 g/mol. The highest BCUT2D eigenvalue weighted by Crippen LogP contribution is 2.23. The molecule has 1 aromatic carbocycles. The Hall–Kier alpha value is -1.65. The second-order valence-electron chi connectivity index (χ2n) is 4.07. The minimum atomic E-state index is -4.24. The maximum Gasteiger partial charge on any atom is 0.280 e. The van der Waals surface area contributed by atoms with Gasteiger partial charge >= 0.3 is 0 Å². The van der Waals surface area contributed by atoms with Gasteiger partial charge in [0.1, 0.15) is 10.7 Å². The lowest BCUT2D eigenvalue weighted by molar-refractivity contribution is 0.576. The quantitative estimate of drug-likeness (QED) is 0.835.